The molecule has 5 nitrogen and oxygen atoms in total. The summed E-state index contributed by atoms with van der Waals surface area (Å²) in [6, 6.07) is 15.4. The lowest BCUT2D eigenvalue weighted by Crippen LogP contribution is -2.13. The largest absolute Gasteiger partial charge is 0.411 e. The van der Waals surface area contributed by atoms with Crippen LogP contribution in [0.5, 0.6) is 0 Å². The summed E-state index contributed by atoms with van der Waals surface area (Å²) in [5.41, 5.74) is 2.84. The van der Waals surface area contributed by atoms with Gasteiger partial charge in [0.05, 0.1) is 5.75 Å². The van der Waals surface area contributed by atoms with Gasteiger partial charge < -0.3 is 9.73 Å². The SMILES string of the molecule is CCc1ccc(NC(=O)CSc2nnc(-c3cccc(Br)c3)o2)cc1. The fraction of sp³-hybridized carbons (Fsp3) is 0.167. The summed E-state index contributed by atoms with van der Waals surface area (Å²) in [5.74, 6) is 0.520. The molecule has 0 spiro atoms. The third-order valence-electron chi connectivity index (χ3n) is 3.45. The lowest BCUT2D eigenvalue weighted by Gasteiger charge is -2.04. The van der Waals surface area contributed by atoms with Crippen molar-refractivity contribution >= 4 is 39.3 Å². The molecule has 0 aliphatic heterocycles. The minimum absolute atomic E-state index is 0.114. The summed E-state index contributed by atoms with van der Waals surface area (Å²) in [6.45, 7) is 2.09. The number of nitrogens with zero attached hydrogens (tertiary/aromatic N) is 2. The Balaban J connectivity index is 1.55. The number of aryl methyl sites for hydroxylation is 1. The molecule has 1 heterocycles. The number of rotatable bonds is 6. The van der Waals surface area contributed by atoms with Crippen molar-refractivity contribution in [1.82, 2.24) is 10.2 Å². The van der Waals surface area contributed by atoms with Gasteiger partial charge in [-0.15, -0.1) is 10.2 Å². The van der Waals surface area contributed by atoms with Gasteiger partial charge in [0, 0.05) is 15.7 Å². The van der Waals surface area contributed by atoms with E-state index in [0.717, 1.165) is 22.1 Å². The van der Waals surface area contributed by atoms with E-state index in [1.165, 1.54) is 17.3 Å². The topological polar surface area (TPSA) is 68.0 Å². The number of carbonyl (C=O) groups excluding carboxylic acids is 1. The van der Waals surface area contributed by atoms with E-state index in [2.05, 4.69) is 38.4 Å². The smallest absolute Gasteiger partial charge is 0.277 e. The fourth-order valence-corrected chi connectivity index (χ4v) is 3.12. The Morgan fingerprint density at radius 2 is 2.00 bits per heavy atom. The molecule has 0 radical (unpaired) electrons. The number of amides is 1. The second-order valence-corrected chi connectivity index (χ2v) is 7.11. The Labute approximate surface area is 158 Å². The summed E-state index contributed by atoms with van der Waals surface area (Å²) in [5, 5.41) is 11.2. The van der Waals surface area contributed by atoms with Gasteiger partial charge in [-0.05, 0) is 42.3 Å². The Morgan fingerprint density at radius 3 is 2.72 bits per heavy atom. The number of nitrogens with one attached hydrogen (secondary N) is 1. The summed E-state index contributed by atoms with van der Waals surface area (Å²) in [6.07, 6.45) is 0.974. The highest BCUT2D eigenvalue weighted by Crippen LogP contribution is 2.25. The molecule has 0 bridgehead atoms. The van der Waals surface area contributed by atoms with Gasteiger partial charge >= 0.3 is 0 Å². The Kier molecular flexibility index (Phi) is 5.88. The van der Waals surface area contributed by atoms with E-state index in [1.54, 1.807) is 0 Å². The monoisotopic (exact) mass is 417 g/mol. The van der Waals surface area contributed by atoms with Gasteiger partial charge in [0.2, 0.25) is 11.8 Å². The summed E-state index contributed by atoms with van der Waals surface area (Å²) < 4.78 is 6.53. The van der Waals surface area contributed by atoms with Crippen LogP contribution in [0.4, 0.5) is 5.69 Å². The molecule has 0 fully saturated rings. The molecule has 3 aromatic rings. The second kappa shape index (κ2) is 8.31. The normalized spacial score (nSPS) is 10.6. The Bertz CT molecular complexity index is 865. The standard InChI is InChI=1S/C18H16BrN3O2S/c1-2-12-6-8-15(9-7-12)20-16(23)11-25-18-22-21-17(24-18)13-4-3-5-14(19)10-13/h3-10H,2,11H2,1H3,(H,20,23). The first-order valence-corrected chi connectivity index (χ1v) is 9.53. The molecule has 0 aliphatic rings. The number of hydrogen-bond donors (Lipinski definition) is 1. The summed E-state index contributed by atoms with van der Waals surface area (Å²) >= 11 is 4.62. The number of halogens is 1. The number of aromatic nitrogens is 2. The van der Waals surface area contributed by atoms with Crippen LogP contribution < -0.4 is 5.32 Å². The number of thioether (sulfide) groups is 1. The fourth-order valence-electron chi connectivity index (χ4n) is 2.15. The highest BCUT2D eigenvalue weighted by atomic mass is 79.9. The molecule has 0 aliphatic carbocycles. The summed E-state index contributed by atoms with van der Waals surface area (Å²) in [4.78, 5) is 12.0. The van der Waals surface area contributed by atoms with Crippen molar-refractivity contribution in [3.8, 4) is 11.5 Å². The average Bonchev–Trinajstić information content (AvgIpc) is 3.10. The van der Waals surface area contributed by atoms with Crippen LogP contribution in [0.3, 0.4) is 0 Å². The summed E-state index contributed by atoms with van der Waals surface area (Å²) in [7, 11) is 0. The molecule has 7 heteroatoms. The first-order chi connectivity index (χ1) is 12.1. The number of benzene rings is 2. The molecular weight excluding hydrogens is 402 g/mol. The molecule has 25 heavy (non-hydrogen) atoms. The third-order valence-corrected chi connectivity index (χ3v) is 4.76. The van der Waals surface area contributed by atoms with Crippen molar-refractivity contribution in [2.24, 2.45) is 0 Å². The van der Waals surface area contributed by atoms with E-state index in [-0.39, 0.29) is 11.7 Å². The third kappa shape index (κ3) is 4.93. The maximum Gasteiger partial charge on any atom is 0.277 e. The van der Waals surface area contributed by atoms with Crippen LogP contribution in [0.2, 0.25) is 0 Å². The van der Waals surface area contributed by atoms with Crippen LogP contribution in [0, 0.1) is 0 Å². The highest BCUT2D eigenvalue weighted by molar-refractivity contribution is 9.10. The first kappa shape index (κ1) is 17.7. The minimum Gasteiger partial charge on any atom is -0.411 e. The maximum atomic E-state index is 12.0. The van der Waals surface area contributed by atoms with Crippen molar-refractivity contribution in [3.05, 3.63) is 58.6 Å². The molecule has 3 rings (SSSR count). The van der Waals surface area contributed by atoms with Gasteiger partial charge in [-0.3, -0.25) is 4.79 Å². The van der Waals surface area contributed by atoms with Crippen molar-refractivity contribution < 1.29 is 9.21 Å². The molecular formula is C18H16BrN3O2S. The van der Waals surface area contributed by atoms with E-state index in [0.29, 0.717) is 11.1 Å². The Morgan fingerprint density at radius 1 is 1.20 bits per heavy atom. The van der Waals surface area contributed by atoms with Gasteiger partial charge in [-0.2, -0.15) is 0 Å². The van der Waals surface area contributed by atoms with E-state index in [9.17, 15) is 4.79 Å². The van der Waals surface area contributed by atoms with E-state index in [1.807, 2.05) is 48.5 Å². The van der Waals surface area contributed by atoms with E-state index >= 15 is 0 Å². The highest BCUT2D eigenvalue weighted by Gasteiger charge is 2.11. The maximum absolute atomic E-state index is 12.0. The molecule has 128 valence electrons. The van der Waals surface area contributed by atoms with Crippen LogP contribution in [0.25, 0.3) is 11.5 Å². The van der Waals surface area contributed by atoms with Gasteiger partial charge in [0.1, 0.15) is 0 Å². The lowest BCUT2D eigenvalue weighted by molar-refractivity contribution is -0.113. The predicted octanol–water partition coefficient (Wildman–Crippen LogP) is 4.79. The minimum atomic E-state index is -0.114. The van der Waals surface area contributed by atoms with Crippen molar-refractivity contribution in [2.75, 3.05) is 11.1 Å². The average molecular weight is 418 g/mol. The van der Waals surface area contributed by atoms with Crippen LogP contribution >= 0.6 is 27.7 Å². The quantitative estimate of drug-likeness (QED) is 0.583. The molecule has 1 N–H and O–H groups in total. The molecule has 0 saturated heterocycles. The zero-order valence-corrected chi connectivity index (χ0v) is 15.9. The molecule has 2 aromatic carbocycles. The van der Waals surface area contributed by atoms with Crippen LogP contribution in [0.1, 0.15) is 12.5 Å². The van der Waals surface area contributed by atoms with Crippen LogP contribution in [0.15, 0.2) is 62.6 Å². The zero-order valence-electron chi connectivity index (χ0n) is 13.5. The van der Waals surface area contributed by atoms with E-state index in [4.69, 9.17) is 4.42 Å². The molecule has 1 amide bonds. The van der Waals surface area contributed by atoms with Crippen molar-refractivity contribution in [2.45, 2.75) is 18.6 Å². The predicted molar refractivity (Wildman–Crippen MR) is 103 cm³/mol. The van der Waals surface area contributed by atoms with Crippen LogP contribution in [-0.4, -0.2) is 21.9 Å². The van der Waals surface area contributed by atoms with Gasteiger partial charge in [-0.1, -0.05) is 52.8 Å². The molecule has 1 aromatic heterocycles. The number of hydrogen-bond acceptors (Lipinski definition) is 5. The molecule has 0 saturated carbocycles. The van der Waals surface area contributed by atoms with Gasteiger partial charge in [-0.25, -0.2) is 0 Å². The molecule has 0 atom stereocenters. The van der Waals surface area contributed by atoms with Crippen molar-refractivity contribution in [1.29, 1.82) is 0 Å². The number of anilines is 1. The van der Waals surface area contributed by atoms with Crippen LogP contribution in [-0.2, 0) is 11.2 Å². The molecule has 0 unspecified atom stereocenters. The van der Waals surface area contributed by atoms with Crippen molar-refractivity contribution in [3.63, 3.8) is 0 Å². The van der Waals surface area contributed by atoms with Gasteiger partial charge in [0.15, 0.2) is 0 Å². The first-order valence-electron chi connectivity index (χ1n) is 7.75. The second-order valence-electron chi connectivity index (χ2n) is 5.27. The van der Waals surface area contributed by atoms with E-state index < -0.39 is 0 Å². The lowest BCUT2D eigenvalue weighted by atomic mass is 10.1. The van der Waals surface area contributed by atoms with Gasteiger partial charge in [0.25, 0.3) is 5.22 Å². The number of carbonyl (C=O) groups is 1. The Hall–Kier alpha value is -2.12. The zero-order chi connectivity index (χ0) is 17.6.